The first-order valence-corrected chi connectivity index (χ1v) is 15.3. The molecule has 3 rings (SSSR count). The zero-order chi connectivity index (χ0) is 26.7. The molecule has 2 heterocycles. The Kier molecular flexibility index (Phi) is 8.56. The lowest BCUT2D eigenvalue weighted by Gasteiger charge is -2.40. The summed E-state index contributed by atoms with van der Waals surface area (Å²) in [5.41, 5.74) is -1.11. The fraction of sp³-hybridized carbons (Fsp3) is 0.652. The second kappa shape index (κ2) is 10.9. The quantitative estimate of drug-likeness (QED) is 0.524. The molecule has 11 nitrogen and oxygen atoms in total. The number of likely N-dealkylation sites (tertiary alicyclic amines) is 2. The topological polar surface area (TPSA) is 131 Å². The van der Waals surface area contributed by atoms with E-state index in [2.05, 4.69) is 4.90 Å². The third-order valence-corrected chi connectivity index (χ3v) is 8.93. The molecule has 0 unspecified atom stereocenters. The van der Waals surface area contributed by atoms with Gasteiger partial charge in [0.1, 0.15) is 10.5 Å². The van der Waals surface area contributed by atoms with Gasteiger partial charge in [-0.3, -0.25) is 4.84 Å². The molecule has 2 saturated heterocycles. The second-order valence-electron chi connectivity index (χ2n) is 10.1. The number of hydrogen-bond donors (Lipinski definition) is 0. The average Bonchev–Trinajstić information content (AvgIpc) is 2.81. The molecule has 0 atom stereocenters. The lowest BCUT2D eigenvalue weighted by molar-refractivity contribution is -0.0605. The fourth-order valence-electron chi connectivity index (χ4n) is 4.37. The molecule has 1 aromatic rings. The van der Waals surface area contributed by atoms with E-state index in [1.54, 1.807) is 0 Å². The molecule has 0 aliphatic carbocycles. The lowest BCUT2D eigenvalue weighted by Crippen LogP contribution is -2.50. The molecule has 36 heavy (non-hydrogen) atoms. The van der Waals surface area contributed by atoms with Crippen molar-refractivity contribution < 1.29 is 36.0 Å². The third-order valence-electron chi connectivity index (χ3n) is 6.08. The van der Waals surface area contributed by atoms with Crippen LogP contribution in [0.5, 0.6) is 0 Å². The Hall–Kier alpha value is -2.38. The Morgan fingerprint density at radius 1 is 0.917 bits per heavy atom. The number of amides is 2. The maximum Gasteiger partial charge on any atom is 0.459 e. The molecular formula is C23H35N3O8S2. The number of carbonyl (C=O) groups is 2. The van der Waals surface area contributed by atoms with E-state index >= 15 is 0 Å². The van der Waals surface area contributed by atoms with Gasteiger partial charge in [-0.2, -0.15) is 8.42 Å². The number of sulfonamides is 1. The molecule has 0 radical (unpaired) electrons. The largest absolute Gasteiger partial charge is 0.459 e. The van der Waals surface area contributed by atoms with Crippen LogP contribution in [-0.2, 0) is 29.4 Å². The number of carbonyl (C=O) groups excluding carboxylic acids is 2. The SMILES string of the molecule is CC(C)(C)OC(=O)N(OC(=O)N1CCC(N2CCCCC2)CC1)S(=O)(=O)c1ccccc1S(C)(=O)=O. The van der Waals surface area contributed by atoms with Gasteiger partial charge in [-0.25, -0.2) is 18.0 Å². The molecular weight excluding hydrogens is 510 g/mol. The maximum atomic E-state index is 13.5. The van der Waals surface area contributed by atoms with Crippen LogP contribution in [0.1, 0.15) is 52.9 Å². The highest BCUT2D eigenvalue weighted by molar-refractivity contribution is 7.93. The molecule has 2 aliphatic heterocycles. The third kappa shape index (κ3) is 6.88. The van der Waals surface area contributed by atoms with Crippen molar-refractivity contribution >= 4 is 32.0 Å². The lowest BCUT2D eigenvalue weighted by atomic mass is 10.0. The summed E-state index contributed by atoms with van der Waals surface area (Å²) in [6.45, 7) is 7.29. The highest BCUT2D eigenvalue weighted by Gasteiger charge is 2.41. The highest BCUT2D eigenvalue weighted by atomic mass is 32.2. The van der Waals surface area contributed by atoms with E-state index in [4.69, 9.17) is 9.57 Å². The smallest absolute Gasteiger partial charge is 0.441 e. The van der Waals surface area contributed by atoms with Gasteiger partial charge in [0.25, 0.3) is 0 Å². The Labute approximate surface area is 213 Å². The van der Waals surface area contributed by atoms with Crippen molar-refractivity contribution in [1.29, 1.82) is 0 Å². The molecule has 2 amide bonds. The van der Waals surface area contributed by atoms with E-state index in [1.807, 2.05) is 0 Å². The van der Waals surface area contributed by atoms with Crippen LogP contribution in [0.4, 0.5) is 9.59 Å². The average molecular weight is 546 g/mol. The van der Waals surface area contributed by atoms with Gasteiger partial charge in [0, 0.05) is 25.4 Å². The van der Waals surface area contributed by atoms with E-state index in [0.717, 1.165) is 44.3 Å². The fourth-order valence-corrected chi connectivity index (χ4v) is 7.04. The van der Waals surface area contributed by atoms with E-state index in [0.29, 0.717) is 32.0 Å². The second-order valence-corrected chi connectivity index (χ2v) is 13.8. The van der Waals surface area contributed by atoms with Gasteiger partial charge in [0.05, 0.1) is 4.90 Å². The van der Waals surface area contributed by atoms with E-state index < -0.39 is 47.4 Å². The van der Waals surface area contributed by atoms with Crippen LogP contribution in [0.15, 0.2) is 34.1 Å². The Morgan fingerprint density at radius 2 is 1.47 bits per heavy atom. The number of piperidine rings is 2. The minimum absolute atomic E-state index is 0.151. The Bertz CT molecular complexity index is 1160. The van der Waals surface area contributed by atoms with Crippen molar-refractivity contribution in [3.05, 3.63) is 24.3 Å². The van der Waals surface area contributed by atoms with Gasteiger partial charge >= 0.3 is 22.2 Å². The van der Waals surface area contributed by atoms with Gasteiger partial charge < -0.3 is 14.5 Å². The number of hydrogen-bond acceptors (Lipinski definition) is 9. The molecule has 0 spiro atoms. The van der Waals surface area contributed by atoms with Crippen LogP contribution in [0.25, 0.3) is 0 Å². The summed E-state index contributed by atoms with van der Waals surface area (Å²) in [5, 5.41) is 0. The van der Waals surface area contributed by atoms with Crippen LogP contribution in [0, 0.1) is 0 Å². The van der Waals surface area contributed by atoms with Crippen LogP contribution >= 0.6 is 0 Å². The molecule has 0 N–H and O–H groups in total. The summed E-state index contributed by atoms with van der Waals surface area (Å²) >= 11 is 0. The normalized spacial score (nSPS) is 18.5. The van der Waals surface area contributed by atoms with Crippen molar-refractivity contribution in [3.8, 4) is 0 Å². The Morgan fingerprint density at radius 3 is 2.00 bits per heavy atom. The van der Waals surface area contributed by atoms with Crippen LogP contribution < -0.4 is 0 Å². The standard InChI is InChI=1S/C23H35N3O8S2/c1-23(2,3)33-22(28)26(36(31,32)20-11-7-6-10-19(20)35(4,29)30)34-21(27)25-16-12-18(13-17-25)24-14-8-5-9-15-24/h6-7,10-11,18H,5,8-9,12-17H2,1-4H3. The van der Waals surface area contributed by atoms with Crippen LogP contribution in [-0.4, -0.2) is 87.4 Å². The minimum atomic E-state index is -4.95. The van der Waals surface area contributed by atoms with E-state index in [-0.39, 0.29) is 4.47 Å². The van der Waals surface area contributed by atoms with Crippen molar-refractivity contribution in [2.24, 2.45) is 0 Å². The molecule has 202 valence electrons. The number of nitrogens with zero attached hydrogens (tertiary/aromatic N) is 3. The predicted molar refractivity (Wildman–Crippen MR) is 131 cm³/mol. The van der Waals surface area contributed by atoms with Gasteiger partial charge in [0.15, 0.2) is 9.84 Å². The first kappa shape index (κ1) is 28.2. The molecule has 0 bridgehead atoms. The minimum Gasteiger partial charge on any atom is -0.441 e. The van der Waals surface area contributed by atoms with Gasteiger partial charge in [-0.1, -0.05) is 18.6 Å². The molecule has 1 aromatic carbocycles. The first-order valence-electron chi connectivity index (χ1n) is 12.0. The molecule has 2 aliphatic rings. The van der Waals surface area contributed by atoms with Crippen molar-refractivity contribution in [3.63, 3.8) is 0 Å². The summed E-state index contributed by atoms with van der Waals surface area (Å²) in [6.07, 6.45) is 3.29. The summed E-state index contributed by atoms with van der Waals surface area (Å²) in [6, 6.07) is 5.12. The Balaban J connectivity index is 1.83. The van der Waals surface area contributed by atoms with Crippen molar-refractivity contribution in [1.82, 2.24) is 14.3 Å². The monoisotopic (exact) mass is 545 g/mol. The maximum absolute atomic E-state index is 13.5. The van der Waals surface area contributed by atoms with Gasteiger partial charge in [-0.05, 0) is 76.1 Å². The number of benzene rings is 1. The molecule has 0 saturated carbocycles. The zero-order valence-corrected chi connectivity index (χ0v) is 22.8. The molecule has 0 aromatic heterocycles. The number of hydroxylamine groups is 1. The van der Waals surface area contributed by atoms with Crippen molar-refractivity contribution in [2.45, 2.75) is 74.3 Å². The van der Waals surface area contributed by atoms with Gasteiger partial charge in [0.2, 0.25) is 0 Å². The highest BCUT2D eigenvalue weighted by Crippen LogP contribution is 2.27. The van der Waals surface area contributed by atoms with Crippen molar-refractivity contribution in [2.75, 3.05) is 32.4 Å². The van der Waals surface area contributed by atoms with Crippen LogP contribution in [0.2, 0.25) is 0 Å². The van der Waals surface area contributed by atoms with E-state index in [1.165, 1.54) is 44.2 Å². The zero-order valence-electron chi connectivity index (χ0n) is 21.2. The molecule has 2 fully saturated rings. The first-order chi connectivity index (χ1) is 16.7. The van der Waals surface area contributed by atoms with E-state index in [9.17, 15) is 26.4 Å². The summed E-state index contributed by atoms with van der Waals surface area (Å²) in [7, 11) is -8.94. The molecule has 13 heteroatoms. The predicted octanol–water partition coefficient (Wildman–Crippen LogP) is 3.02. The van der Waals surface area contributed by atoms with Gasteiger partial charge in [-0.15, -0.1) is 0 Å². The summed E-state index contributed by atoms with van der Waals surface area (Å²) in [5.74, 6) is 0. The summed E-state index contributed by atoms with van der Waals surface area (Å²) in [4.78, 5) is 33.5. The number of sulfone groups is 1. The number of ether oxygens (including phenoxy) is 1. The summed E-state index contributed by atoms with van der Waals surface area (Å²) < 4.78 is 56.4. The van der Waals surface area contributed by atoms with Crippen LogP contribution in [0.3, 0.4) is 0 Å². The number of rotatable bonds is 4.